The molecule has 1 aliphatic rings. The molecule has 2 N–H and O–H groups in total. The molecule has 1 aliphatic heterocycles. The Hall–Kier alpha value is -2.56. The summed E-state index contributed by atoms with van der Waals surface area (Å²) in [6, 6.07) is 3.80. The number of hydrogen-bond acceptors (Lipinski definition) is 10. The van der Waals surface area contributed by atoms with Gasteiger partial charge in [0.2, 0.25) is 5.88 Å². The highest BCUT2D eigenvalue weighted by Crippen LogP contribution is 2.30. The van der Waals surface area contributed by atoms with Gasteiger partial charge in [0, 0.05) is 48.8 Å². The van der Waals surface area contributed by atoms with Gasteiger partial charge in [0.05, 0.1) is 6.61 Å². The maximum absolute atomic E-state index is 5.49. The number of aliphatic imine (C=N–C) groups is 1. The molecular weight excluding hydrogens is 396 g/mol. The fourth-order valence-electron chi connectivity index (χ4n) is 2.51. The predicted molar refractivity (Wildman–Crippen MR) is 112 cm³/mol. The molecule has 28 heavy (non-hydrogen) atoms. The molecule has 3 aromatic rings. The third kappa shape index (κ3) is 4.64. The van der Waals surface area contributed by atoms with E-state index in [0.29, 0.717) is 19.1 Å². The zero-order valence-electron chi connectivity index (χ0n) is 15.3. The van der Waals surface area contributed by atoms with E-state index < -0.39 is 0 Å². The van der Waals surface area contributed by atoms with E-state index in [1.807, 2.05) is 22.9 Å². The molecule has 0 amide bonds. The molecule has 4 rings (SSSR count). The molecule has 0 saturated carbocycles. The van der Waals surface area contributed by atoms with Crippen molar-refractivity contribution in [1.82, 2.24) is 20.3 Å². The monoisotopic (exact) mass is 416 g/mol. The molecule has 0 saturated heterocycles. The molecule has 8 nitrogen and oxygen atoms in total. The SMILES string of the molecule is COCCOc1ccc(-c2nc(-c3csc(NC4=NCCCN4)n3)cs2)cn1. The van der Waals surface area contributed by atoms with Crippen molar-refractivity contribution < 1.29 is 9.47 Å². The first-order valence-corrected chi connectivity index (χ1v) is 10.6. The number of hydrogen-bond donors (Lipinski definition) is 2. The van der Waals surface area contributed by atoms with Crippen molar-refractivity contribution >= 4 is 33.8 Å². The van der Waals surface area contributed by atoms with Crippen LogP contribution in [0.3, 0.4) is 0 Å². The van der Waals surface area contributed by atoms with Gasteiger partial charge in [0.1, 0.15) is 23.0 Å². The van der Waals surface area contributed by atoms with Crippen LogP contribution in [0.4, 0.5) is 5.13 Å². The molecule has 0 unspecified atom stereocenters. The van der Waals surface area contributed by atoms with Gasteiger partial charge in [-0.15, -0.1) is 22.7 Å². The van der Waals surface area contributed by atoms with E-state index in [2.05, 4.69) is 25.6 Å². The fraction of sp³-hybridized carbons (Fsp3) is 0.333. The Kier molecular flexibility index (Phi) is 6.10. The van der Waals surface area contributed by atoms with Crippen LogP contribution >= 0.6 is 22.7 Å². The van der Waals surface area contributed by atoms with Crippen molar-refractivity contribution in [2.75, 3.05) is 38.7 Å². The van der Waals surface area contributed by atoms with Crippen LogP contribution in [-0.2, 0) is 4.74 Å². The van der Waals surface area contributed by atoms with Gasteiger partial charge in [-0.3, -0.25) is 4.99 Å². The first kappa shape index (κ1) is 18.8. The molecule has 0 fully saturated rings. The van der Waals surface area contributed by atoms with Gasteiger partial charge >= 0.3 is 0 Å². The molecule has 0 aromatic carbocycles. The molecule has 10 heteroatoms. The van der Waals surface area contributed by atoms with Crippen molar-refractivity contribution in [3.05, 3.63) is 29.1 Å². The number of nitrogens with zero attached hydrogens (tertiary/aromatic N) is 4. The Bertz CT molecular complexity index is 938. The van der Waals surface area contributed by atoms with Crippen LogP contribution in [0.2, 0.25) is 0 Å². The number of anilines is 1. The van der Waals surface area contributed by atoms with Crippen molar-refractivity contribution in [2.24, 2.45) is 4.99 Å². The molecule has 0 spiro atoms. The number of methoxy groups -OCH3 is 1. The van der Waals surface area contributed by atoms with E-state index in [4.69, 9.17) is 14.5 Å². The van der Waals surface area contributed by atoms with E-state index >= 15 is 0 Å². The Balaban J connectivity index is 1.42. The number of nitrogens with one attached hydrogen (secondary N) is 2. The molecule has 0 radical (unpaired) electrons. The van der Waals surface area contributed by atoms with Crippen LogP contribution in [0.25, 0.3) is 22.0 Å². The van der Waals surface area contributed by atoms with Gasteiger partial charge in [-0.2, -0.15) is 0 Å². The smallest absolute Gasteiger partial charge is 0.213 e. The van der Waals surface area contributed by atoms with E-state index in [9.17, 15) is 0 Å². The third-order valence-electron chi connectivity index (χ3n) is 3.91. The molecule has 0 bridgehead atoms. The molecular formula is C18H20N6O2S2. The van der Waals surface area contributed by atoms with Crippen molar-refractivity contribution in [3.63, 3.8) is 0 Å². The Morgan fingerprint density at radius 2 is 2.04 bits per heavy atom. The highest BCUT2D eigenvalue weighted by atomic mass is 32.1. The number of pyridine rings is 1. The average molecular weight is 417 g/mol. The van der Waals surface area contributed by atoms with Gasteiger partial charge in [0.15, 0.2) is 11.1 Å². The molecule has 4 heterocycles. The highest BCUT2D eigenvalue weighted by Gasteiger charge is 2.12. The number of guanidine groups is 1. The molecule has 0 aliphatic carbocycles. The van der Waals surface area contributed by atoms with Crippen molar-refractivity contribution in [2.45, 2.75) is 6.42 Å². The summed E-state index contributed by atoms with van der Waals surface area (Å²) in [5.41, 5.74) is 2.65. The fourth-order valence-corrected chi connectivity index (χ4v) is 4.02. The summed E-state index contributed by atoms with van der Waals surface area (Å²) in [4.78, 5) is 18.1. The lowest BCUT2D eigenvalue weighted by Gasteiger charge is -2.13. The normalized spacial score (nSPS) is 13.7. The minimum Gasteiger partial charge on any atom is -0.475 e. The van der Waals surface area contributed by atoms with Crippen LogP contribution < -0.4 is 15.4 Å². The Morgan fingerprint density at radius 1 is 1.14 bits per heavy atom. The maximum Gasteiger partial charge on any atom is 0.213 e. The summed E-state index contributed by atoms with van der Waals surface area (Å²) in [5, 5.41) is 12.2. The zero-order valence-corrected chi connectivity index (χ0v) is 17.0. The molecule has 3 aromatic heterocycles. The van der Waals surface area contributed by atoms with Crippen LogP contribution in [0.1, 0.15) is 6.42 Å². The second-order valence-electron chi connectivity index (χ2n) is 5.94. The topological polar surface area (TPSA) is 93.5 Å². The summed E-state index contributed by atoms with van der Waals surface area (Å²) in [6.07, 6.45) is 2.83. The number of thiazole rings is 2. The lowest BCUT2D eigenvalue weighted by molar-refractivity contribution is 0.144. The van der Waals surface area contributed by atoms with Crippen molar-refractivity contribution in [1.29, 1.82) is 0 Å². The first-order valence-electron chi connectivity index (χ1n) is 8.87. The summed E-state index contributed by atoms with van der Waals surface area (Å²) >= 11 is 3.10. The van der Waals surface area contributed by atoms with E-state index in [0.717, 1.165) is 52.6 Å². The lowest BCUT2D eigenvalue weighted by Crippen LogP contribution is -2.35. The van der Waals surface area contributed by atoms with E-state index in [1.54, 1.807) is 24.6 Å². The molecule has 0 atom stereocenters. The zero-order chi connectivity index (χ0) is 19.2. The summed E-state index contributed by atoms with van der Waals surface area (Å²) in [5.74, 6) is 1.36. The van der Waals surface area contributed by atoms with Gasteiger partial charge in [-0.1, -0.05) is 0 Å². The van der Waals surface area contributed by atoms with Gasteiger partial charge in [0.25, 0.3) is 0 Å². The highest BCUT2D eigenvalue weighted by molar-refractivity contribution is 7.14. The minimum absolute atomic E-state index is 0.479. The first-order chi connectivity index (χ1) is 13.8. The third-order valence-corrected chi connectivity index (χ3v) is 5.56. The number of aromatic nitrogens is 3. The Morgan fingerprint density at radius 3 is 2.82 bits per heavy atom. The van der Waals surface area contributed by atoms with Crippen LogP contribution in [0, 0.1) is 0 Å². The largest absolute Gasteiger partial charge is 0.475 e. The minimum atomic E-state index is 0.479. The van der Waals surface area contributed by atoms with Crippen molar-refractivity contribution in [3.8, 4) is 27.8 Å². The quantitative estimate of drug-likeness (QED) is 0.572. The van der Waals surface area contributed by atoms with Gasteiger partial charge in [-0.05, 0) is 12.5 Å². The summed E-state index contributed by atoms with van der Waals surface area (Å²) in [7, 11) is 1.64. The Labute approximate surface area is 170 Å². The second-order valence-corrected chi connectivity index (χ2v) is 7.65. The van der Waals surface area contributed by atoms with Crippen LogP contribution in [0.5, 0.6) is 5.88 Å². The lowest BCUT2D eigenvalue weighted by atomic mass is 10.3. The standard InChI is InChI=1S/C18H20N6O2S2/c1-25-7-8-26-15-4-3-12(9-21-15)16-22-13(10-27-16)14-11-28-18(23-14)24-17-19-5-2-6-20-17/h3-4,9-11H,2,5-8H2,1H3,(H2,19,20,23,24). The summed E-state index contributed by atoms with van der Waals surface area (Å²) < 4.78 is 10.5. The van der Waals surface area contributed by atoms with Crippen LogP contribution in [-0.4, -0.2) is 54.3 Å². The maximum atomic E-state index is 5.49. The second kappa shape index (κ2) is 9.09. The average Bonchev–Trinajstić information content (AvgIpc) is 3.39. The molecule has 146 valence electrons. The van der Waals surface area contributed by atoms with E-state index in [1.165, 1.54) is 11.3 Å². The number of rotatable bonds is 7. The van der Waals surface area contributed by atoms with Gasteiger partial charge < -0.3 is 20.1 Å². The van der Waals surface area contributed by atoms with Crippen LogP contribution in [0.15, 0.2) is 34.1 Å². The predicted octanol–water partition coefficient (Wildman–Crippen LogP) is 3.12. The summed E-state index contributed by atoms with van der Waals surface area (Å²) in [6.45, 7) is 2.79. The number of ether oxygens (including phenoxy) is 2. The van der Waals surface area contributed by atoms with E-state index in [-0.39, 0.29) is 0 Å². The van der Waals surface area contributed by atoms with Gasteiger partial charge in [-0.25, -0.2) is 15.0 Å².